The molecule has 1 unspecified atom stereocenters. The third-order valence-corrected chi connectivity index (χ3v) is 6.81. The van der Waals surface area contributed by atoms with E-state index in [1.165, 1.54) is 16.0 Å². The van der Waals surface area contributed by atoms with E-state index in [9.17, 15) is 8.42 Å². The quantitative estimate of drug-likeness (QED) is 0.579. The zero-order valence-electron chi connectivity index (χ0n) is 14.9. The highest BCUT2D eigenvalue weighted by atomic mass is 32.2. The van der Waals surface area contributed by atoms with Crippen molar-refractivity contribution in [3.8, 4) is 0 Å². The van der Waals surface area contributed by atoms with Gasteiger partial charge in [-0.15, -0.1) is 11.3 Å². The van der Waals surface area contributed by atoms with Crippen LogP contribution in [0.2, 0.25) is 0 Å². The molecule has 0 saturated heterocycles. The summed E-state index contributed by atoms with van der Waals surface area (Å²) < 4.78 is 22.7. The minimum atomic E-state index is -3.15. The van der Waals surface area contributed by atoms with Gasteiger partial charge in [0.2, 0.25) is 0 Å². The Bertz CT molecular complexity index is 634. The SMILES string of the molecule is CCNC(=NCC(C)(C)S(C)(=O)=O)NC(C)Cc1ccc(C)s1. The fraction of sp³-hybridized carbons (Fsp3) is 0.688. The summed E-state index contributed by atoms with van der Waals surface area (Å²) in [5, 5.41) is 6.53. The summed E-state index contributed by atoms with van der Waals surface area (Å²) in [5.41, 5.74) is 0. The number of hydrogen-bond acceptors (Lipinski definition) is 4. The molecular formula is C16H29N3O2S2. The summed E-state index contributed by atoms with van der Waals surface area (Å²) in [6.45, 7) is 10.6. The number of nitrogens with one attached hydrogen (secondary N) is 2. The maximum absolute atomic E-state index is 11.8. The van der Waals surface area contributed by atoms with E-state index in [2.05, 4.69) is 41.6 Å². The van der Waals surface area contributed by atoms with Crippen molar-refractivity contribution < 1.29 is 8.42 Å². The molecule has 1 heterocycles. The molecule has 0 radical (unpaired) electrons. The summed E-state index contributed by atoms with van der Waals surface area (Å²) in [5.74, 6) is 0.657. The van der Waals surface area contributed by atoms with Crippen LogP contribution in [0.5, 0.6) is 0 Å². The lowest BCUT2D eigenvalue weighted by atomic mass is 10.2. The number of hydrogen-bond donors (Lipinski definition) is 2. The van der Waals surface area contributed by atoms with E-state index < -0.39 is 14.6 Å². The van der Waals surface area contributed by atoms with E-state index in [-0.39, 0.29) is 12.6 Å². The molecule has 0 bridgehead atoms. The summed E-state index contributed by atoms with van der Waals surface area (Å²) in [6, 6.07) is 4.49. The molecule has 132 valence electrons. The monoisotopic (exact) mass is 359 g/mol. The molecule has 5 nitrogen and oxygen atoms in total. The minimum Gasteiger partial charge on any atom is -0.357 e. The van der Waals surface area contributed by atoms with Crippen molar-refractivity contribution in [2.75, 3.05) is 19.3 Å². The summed E-state index contributed by atoms with van der Waals surface area (Å²) >= 11 is 1.80. The molecule has 1 atom stereocenters. The van der Waals surface area contributed by atoms with Crippen molar-refractivity contribution in [2.24, 2.45) is 4.99 Å². The van der Waals surface area contributed by atoms with E-state index in [0.717, 1.165) is 13.0 Å². The Balaban J connectivity index is 2.72. The molecular weight excluding hydrogens is 330 g/mol. The van der Waals surface area contributed by atoms with Gasteiger partial charge < -0.3 is 10.6 Å². The highest BCUT2D eigenvalue weighted by Gasteiger charge is 2.30. The molecule has 0 aliphatic heterocycles. The first kappa shape index (κ1) is 20.0. The number of aliphatic imine (C=N–C) groups is 1. The van der Waals surface area contributed by atoms with Gasteiger partial charge in [-0.25, -0.2) is 8.42 Å². The molecule has 0 amide bonds. The van der Waals surface area contributed by atoms with Gasteiger partial charge >= 0.3 is 0 Å². The average molecular weight is 360 g/mol. The molecule has 0 spiro atoms. The van der Waals surface area contributed by atoms with Gasteiger partial charge in [-0.05, 0) is 46.8 Å². The third kappa shape index (κ3) is 6.51. The zero-order valence-corrected chi connectivity index (χ0v) is 16.6. The number of nitrogens with zero attached hydrogens (tertiary/aromatic N) is 1. The predicted octanol–water partition coefficient (Wildman–Crippen LogP) is 2.37. The molecule has 1 aromatic rings. The van der Waals surface area contributed by atoms with Crippen molar-refractivity contribution in [3.05, 3.63) is 21.9 Å². The van der Waals surface area contributed by atoms with Crippen molar-refractivity contribution in [2.45, 2.75) is 51.8 Å². The molecule has 0 aromatic carbocycles. The van der Waals surface area contributed by atoms with Gasteiger partial charge in [0.1, 0.15) is 0 Å². The second-order valence-electron chi connectivity index (χ2n) is 6.49. The Morgan fingerprint density at radius 2 is 2.04 bits per heavy atom. The summed E-state index contributed by atoms with van der Waals surface area (Å²) in [7, 11) is -3.15. The van der Waals surface area contributed by atoms with E-state index in [1.54, 1.807) is 25.2 Å². The van der Waals surface area contributed by atoms with E-state index in [4.69, 9.17) is 0 Å². The summed E-state index contributed by atoms with van der Waals surface area (Å²) in [4.78, 5) is 7.09. The fourth-order valence-electron chi connectivity index (χ4n) is 1.89. The fourth-order valence-corrected chi connectivity index (χ4v) is 3.21. The maximum atomic E-state index is 11.8. The number of sulfone groups is 1. The van der Waals surface area contributed by atoms with Crippen molar-refractivity contribution >= 4 is 27.1 Å². The Labute approximate surface area is 144 Å². The Morgan fingerprint density at radius 1 is 1.39 bits per heavy atom. The van der Waals surface area contributed by atoms with Crippen LogP contribution in [0.15, 0.2) is 17.1 Å². The topological polar surface area (TPSA) is 70.6 Å². The Kier molecular flexibility index (Phi) is 7.07. The van der Waals surface area contributed by atoms with Crippen molar-refractivity contribution in [1.82, 2.24) is 10.6 Å². The molecule has 7 heteroatoms. The van der Waals surface area contributed by atoms with E-state index in [0.29, 0.717) is 5.96 Å². The number of rotatable bonds is 7. The maximum Gasteiger partial charge on any atom is 0.191 e. The Morgan fingerprint density at radius 3 is 2.52 bits per heavy atom. The first-order valence-corrected chi connectivity index (χ1v) is 10.6. The minimum absolute atomic E-state index is 0.215. The molecule has 0 saturated carbocycles. The lowest BCUT2D eigenvalue weighted by molar-refractivity contribution is 0.553. The number of thiophene rings is 1. The van der Waals surface area contributed by atoms with Crippen LogP contribution in [0.3, 0.4) is 0 Å². The van der Waals surface area contributed by atoms with E-state index in [1.807, 2.05) is 6.92 Å². The van der Waals surface area contributed by atoms with Crippen LogP contribution in [0.25, 0.3) is 0 Å². The lowest BCUT2D eigenvalue weighted by Gasteiger charge is -2.22. The Hall–Kier alpha value is -1.08. The van der Waals surface area contributed by atoms with Gasteiger partial charge in [-0.2, -0.15) is 0 Å². The van der Waals surface area contributed by atoms with Crippen LogP contribution < -0.4 is 10.6 Å². The van der Waals surface area contributed by atoms with Crippen LogP contribution >= 0.6 is 11.3 Å². The van der Waals surface area contributed by atoms with Crippen LogP contribution in [-0.2, 0) is 16.3 Å². The normalized spacial score (nSPS) is 14.6. The second kappa shape index (κ2) is 8.15. The van der Waals surface area contributed by atoms with Gasteiger partial charge in [0.05, 0.1) is 11.3 Å². The van der Waals surface area contributed by atoms with Gasteiger partial charge in [0.25, 0.3) is 0 Å². The lowest BCUT2D eigenvalue weighted by Crippen LogP contribution is -2.44. The number of aryl methyl sites for hydroxylation is 1. The highest BCUT2D eigenvalue weighted by Crippen LogP contribution is 2.17. The molecule has 0 fully saturated rings. The standard InChI is InChI=1S/C16H29N3O2S2/c1-7-17-15(18-11-16(4,5)23(6,20)21)19-12(2)10-14-9-8-13(3)22-14/h8-9,12H,7,10-11H2,1-6H3,(H2,17,18,19). The molecule has 0 aliphatic rings. The average Bonchev–Trinajstić information content (AvgIpc) is 2.80. The van der Waals surface area contributed by atoms with Crippen LogP contribution in [-0.4, -0.2) is 44.5 Å². The molecule has 2 N–H and O–H groups in total. The van der Waals surface area contributed by atoms with Crippen molar-refractivity contribution in [3.63, 3.8) is 0 Å². The van der Waals surface area contributed by atoms with Crippen molar-refractivity contribution in [1.29, 1.82) is 0 Å². The number of guanidine groups is 1. The molecule has 1 aromatic heterocycles. The predicted molar refractivity (Wildman–Crippen MR) is 100 cm³/mol. The highest BCUT2D eigenvalue weighted by molar-refractivity contribution is 7.92. The smallest absolute Gasteiger partial charge is 0.191 e. The molecule has 23 heavy (non-hydrogen) atoms. The van der Waals surface area contributed by atoms with Crippen LogP contribution in [0.1, 0.15) is 37.4 Å². The van der Waals surface area contributed by atoms with Crippen LogP contribution in [0.4, 0.5) is 0 Å². The second-order valence-corrected chi connectivity index (χ2v) is 10.5. The first-order chi connectivity index (χ1) is 10.5. The van der Waals surface area contributed by atoms with Gasteiger partial charge in [-0.1, -0.05) is 0 Å². The largest absolute Gasteiger partial charge is 0.357 e. The zero-order chi connectivity index (χ0) is 17.7. The summed E-state index contributed by atoms with van der Waals surface area (Å²) in [6.07, 6.45) is 2.17. The molecule has 1 rings (SSSR count). The van der Waals surface area contributed by atoms with Crippen LogP contribution in [0, 0.1) is 6.92 Å². The first-order valence-electron chi connectivity index (χ1n) is 7.85. The van der Waals surface area contributed by atoms with Gasteiger partial charge in [0, 0.05) is 35.0 Å². The van der Waals surface area contributed by atoms with Gasteiger partial charge in [0.15, 0.2) is 15.8 Å². The van der Waals surface area contributed by atoms with Gasteiger partial charge in [-0.3, -0.25) is 4.99 Å². The van der Waals surface area contributed by atoms with E-state index >= 15 is 0 Å². The third-order valence-electron chi connectivity index (χ3n) is 3.65. The molecule has 0 aliphatic carbocycles.